The molecule has 1 heterocycles. The normalized spacial score (nSPS) is 11.9. The van der Waals surface area contributed by atoms with Crippen LogP contribution in [-0.2, 0) is 11.3 Å². The molecule has 0 aromatic carbocycles. The zero-order chi connectivity index (χ0) is 14.3. The summed E-state index contributed by atoms with van der Waals surface area (Å²) in [7, 11) is 1.65. The highest BCUT2D eigenvalue weighted by molar-refractivity contribution is 5.74. The molecule has 0 fully saturated rings. The van der Waals surface area contributed by atoms with Gasteiger partial charge in [-0.15, -0.1) is 0 Å². The largest absolute Gasteiger partial charge is 0.481 e. The second-order valence-electron chi connectivity index (χ2n) is 4.42. The highest BCUT2D eigenvalue weighted by Crippen LogP contribution is 2.02. The summed E-state index contributed by atoms with van der Waals surface area (Å²) in [5.74, 6) is -0.211. The highest BCUT2D eigenvalue weighted by atomic mass is 16.4. The summed E-state index contributed by atoms with van der Waals surface area (Å²) < 4.78 is 0. The van der Waals surface area contributed by atoms with E-state index in [4.69, 9.17) is 5.11 Å². The molecule has 0 bridgehead atoms. The molecule has 106 valence electrons. The van der Waals surface area contributed by atoms with Gasteiger partial charge in [0.25, 0.3) is 0 Å². The summed E-state index contributed by atoms with van der Waals surface area (Å²) >= 11 is 0. The van der Waals surface area contributed by atoms with E-state index in [0.717, 1.165) is 0 Å². The maximum atomic E-state index is 11.8. The van der Waals surface area contributed by atoms with E-state index in [1.54, 1.807) is 7.05 Å². The molecule has 0 aliphatic heterocycles. The van der Waals surface area contributed by atoms with Gasteiger partial charge >= 0.3 is 12.0 Å². The molecule has 1 unspecified atom stereocenters. The van der Waals surface area contributed by atoms with Crippen LogP contribution in [-0.4, -0.2) is 50.3 Å². The fourth-order valence-electron chi connectivity index (χ4n) is 1.56. The van der Waals surface area contributed by atoms with Crippen molar-refractivity contribution in [3.8, 4) is 0 Å². The van der Waals surface area contributed by atoms with Crippen molar-refractivity contribution in [2.45, 2.75) is 38.8 Å². The topological polar surface area (TPSA) is 111 Å². The Morgan fingerprint density at radius 1 is 1.58 bits per heavy atom. The van der Waals surface area contributed by atoms with Gasteiger partial charge in [0.2, 0.25) is 0 Å². The lowest BCUT2D eigenvalue weighted by molar-refractivity contribution is -0.137. The predicted octanol–water partition coefficient (Wildman–Crippen LogP) is 0.589. The van der Waals surface area contributed by atoms with Crippen LogP contribution in [0.4, 0.5) is 4.79 Å². The zero-order valence-electron chi connectivity index (χ0n) is 11.1. The molecule has 0 saturated carbocycles. The van der Waals surface area contributed by atoms with Crippen LogP contribution in [0.2, 0.25) is 0 Å². The second kappa shape index (κ2) is 7.34. The number of nitrogens with zero attached hydrogens (tertiary/aromatic N) is 3. The van der Waals surface area contributed by atoms with Crippen LogP contribution < -0.4 is 5.32 Å². The van der Waals surface area contributed by atoms with Crippen molar-refractivity contribution in [2.24, 2.45) is 0 Å². The van der Waals surface area contributed by atoms with Crippen LogP contribution in [0.15, 0.2) is 6.33 Å². The van der Waals surface area contributed by atoms with Gasteiger partial charge in [-0.2, -0.15) is 5.10 Å². The SMILES string of the molecule is CC(CCCC(=O)O)NC(=O)N(C)Cc1ncn[nH]1. The molecule has 1 aromatic rings. The molecule has 0 saturated heterocycles. The lowest BCUT2D eigenvalue weighted by Gasteiger charge is -2.20. The van der Waals surface area contributed by atoms with E-state index < -0.39 is 5.97 Å². The van der Waals surface area contributed by atoms with Crippen LogP contribution in [0.3, 0.4) is 0 Å². The van der Waals surface area contributed by atoms with Crippen molar-refractivity contribution in [3.05, 3.63) is 12.2 Å². The van der Waals surface area contributed by atoms with Gasteiger partial charge in [-0.1, -0.05) is 0 Å². The third-order valence-electron chi connectivity index (χ3n) is 2.60. The Balaban J connectivity index is 2.27. The number of hydrogen-bond acceptors (Lipinski definition) is 4. The quantitative estimate of drug-likeness (QED) is 0.670. The number of urea groups is 1. The number of nitrogens with one attached hydrogen (secondary N) is 2. The van der Waals surface area contributed by atoms with Gasteiger partial charge in [0.15, 0.2) is 0 Å². The molecule has 0 spiro atoms. The standard InChI is InChI=1S/C11H19N5O3/c1-8(4-3-5-10(17)18)14-11(19)16(2)6-9-12-7-13-15-9/h7-8H,3-6H2,1-2H3,(H,14,19)(H,17,18)(H,12,13,15). The summed E-state index contributed by atoms with van der Waals surface area (Å²) in [6.07, 6.45) is 2.68. The first kappa shape index (κ1) is 14.9. The Morgan fingerprint density at radius 3 is 2.89 bits per heavy atom. The third-order valence-corrected chi connectivity index (χ3v) is 2.60. The zero-order valence-corrected chi connectivity index (χ0v) is 11.1. The number of aromatic nitrogens is 3. The molecule has 3 N–H and O–H groups in total. The van der Waals surface area contributed by atoms with Crippen LogP contribution in [0, 0.1) is 0 Å². The fourth-order valence-corrected chi connectivity index (χ4v) is 1.56. The molecule has 0 radical (unpaired) electrons. The smallest absolute Gasteiger partial charge is 0.317 e. The average molecular weight is 269 g/mol. The number of aromatic amines is 1. The Kier molecular flexibility index (Phi) is 5.77. The Hall–Kier alpha value is -2.12. The molecular formula is C11H19N5O3. The van der Waals surface area contributed by atoms with Gasteiger partial charge in [-0.05, 0) is 19.8 Å². The van der Waals surface area contributed by atoms with E-state index in [0.29, 0.717) is 25.2 Å². The molecule has 8 heteroatoms. The summed E-state index contributed by atoms with van der Waals surface area (Å²) in [6.45, 7) is 2.19. The number of carbonyl (C=O) groups is 2. The van der Waals surface area contributed by atoms with Gasteiger partial charge in [0, 0.05) is 19.5 Å². The van der Waals surface area contributed by atoms with Crippen molar-refractivity contribution >= 4 is 12.0 Å². The Morgan fingerprint density at radius 2 is 2.32 bits per heavy atom. The minimum Gasteiger partial charge on any atom is -0.481 e. The molecule has 19 heavy (non-hydrogen) atoms. The van der Waals surface area contributed by atoms with Crippen LogP contribution in [0.25, 0.3) is 0 Å². The first-order valence-electron chi connectivity index (χ1n) is 6.06. The van der Waals surface area contributed by atoms with Crippen LogP contribution in [0.1, 0.15) is 32.0 Å². The first-order valence-corrected chi connectivity index (χ1v) is 6.06. The van der Waals surface area contributed by atoms with Crippen molar-refractivity contribution < 1.29 is 14.7 Å². The van der Waals surface area contributed by atoms with E-state index in [9.17, 15) is 9.59 Å². The van der Waals surface area contributed by atoms with Gasteiger partial charge in [0.1, 0.15) is 12.2 Å². The van der Waals surface area contributed by atoms with Crippen molar-refractivity contribution in [1.82, 2.24) is 25.4 Å². The number of hydrogen-bond donors (Lipinski definition) is 3. The molecule has 1 atom stereocenters. The van der Waals surface area contributed by atoms with Gasteiger partial charge in [-0.25, -0.2) is 9.78 Å². The first-order chi connectivity index (χ1) is 8.99. The number of H-pyrrole nitrogens is 1. The van der Waals surface area contributed by atoms with Crippen LogP contribution >= 0.6 is 0 Å². The lowest BCUT2D eigenvalue weighted by atomic mass is 10.1. The number of carbonyl (C=O) groups excluding carboxylic acids is 1. The maximum Gasteiger partial charge on any atom is 0.317 e. The van der Waals surface area contributed by atoms with Gasteiger partial charge in [-0.3, -0.25) is 9.89 Å². The molecule has 0 aliphatic carbocycles. The average Bonchev–Trinajstić information content (AvgIpc) is 2.81. The summed E-state index contributed by atoms with van der Waals surface area (Å²) in [6, 6.07) is -0.289. The van der Waals surface area contributed by atoms with E-state index in [1.165, 1.54) is 11.2 Å². The van der Waals surface area contributed by atoms with E-state index in [-0.39, 0.29) is 18.5 Å². The Labute approximate surface area is 111 Å². The third kappa shape index (κ3) is 5.84. The van der Waals surface area contributed by atoms with Crippen molar-refractivity contribution in [1.29, 1.82) is 0 Å². The van der Waals surface area contributed by atoms with Crippen molar-refractivity contribution in [2.75, 3.05) is 7.05 Å². The van der Waals surface area contributed by atoms with Crippen LogP contribution in [0.5, 0.6) is 0 Å². The van der Waals surface area contributed by atoms with E-state index in [2.05, 4.69) is 20.5 Å². The monoisotopic (exact) mass is 269 g/mol. The molecule has 2 amide bonds. The lowest BCUT2D eigenvalue weighted by Crippen LogP contribution is -2.41. The number of carboxylic acids is 1. The second-order valence-corrected chi connectivity index (χ2v) is 4.42. The van der Waals surface area contributed by atoms with Gasteiger partial charge in [0.05, 0.1) is 6.54 Å². The Bertz CT molecular complexity index is 406. The molecule has 1 aromatic heterocycles. The minimum atomic E-state index is -0.819. The van der Waals surface area contributed by atoms with E-state index >= 15 is 0 Å². The maximum absolute atomic E-state index is 11.8. The number of amides is 2. The number of carboxylic acid groups (broad SMARTS) is 1. The van der Waals surface area contributed by atoms with Gasteiger partial charge < -0.3 is 15.3 Å². The molecule has 8 nitrogen and oxygen atoms in total. The minimum absolute atomic E-state index is 0.0657. The predicted molar refractivity (Wildman–Crippen MR) is 67.3 cm³/mol. The molecule has 0 aliphatic rings. The number of aliphatic carboxylic acids is 1. The molecular weight excluding hydrogens is 250 g/mol. The fraction of sp³-hybridized carbons (Fsp3) is 0.636. The molecule has 1 rings (SSSR count). The number of rotatable bonds is 7. The summed E-state index contributed by atoms with van der Waals surface area (Å²) in [5.41, 5.74) is 0. The highest BCUT2D eigenvalue weighted by Gasteiger charge is 2.13. The van der Waals surface area contributed by atoms with Crippen molar-refractivity contribution in [3.63, 3.8) is 0 Å². The summed E-state index contributed by atoms with van der Waals surface area (Å²) in [4.78, 5) is 27.6. The summed E-state index contributed by atoms with van der Waals surface area (Å²) in [5, 5.41) is 17.7. The van der Waals surface area contributed by atoms with E-state index in [1.807, 2.05) is 6.92 Å².